The highest BCUT2D eigenvalue weighted by molar-refractivity contribution is 7.90. The Hall–Kier alpha value is -3.68. The average molecular weight is 618 g/mol. The molecular formula is C28H29F6N3O4S. The van der Waals surface area contributed by atoms with Crippen molar-refractivity contribution >= 4 is 32.7 Å². The molecular weight excluding hydrogens is 588 g/mol. The largest absolute Gasteiger partial charge is 0.416 e. The summed E-state index contributed by atoms with van der Waals surface area (Å²) in [5.74, 6) is -2.54. The number of sulfonamides is 1. The summed E-state index contributed by atoms with van der Waals surface area (Å²) in [6.45, 7) is 6.37. The molecule has 0 saturated heterocycles. The van der Waals surface area contributed by atoms with Crippen LogP contribution in [0, 0.1) is 5.92 Å². The number of aromatic nitrogens is 1. The van der Waals surface area contributed by atoms with Crippen LogP contribution in [0.3, 0.4) is 0 Å². The van der Waals surface area contributed by atoms with E-state index in [-0.39, 0.29) is 34.2 Å². The molecule has 1 atom stereocenters. The predicted molar refractivity (Wildman–Crippen MR) is 145 cm³/mol. The molecule has 0 fully saturated rings. The highest BCUT2D eigenvalue weighted by atomic mass is 32.2. The lowest BCUT2D eigenvalue weighted by atomic mass is 9.88. The molecule has 0 saturated carbocycles. The van der Waals surface area contributed by atoms with Gasteiger partial charge in [0.15, 0.2) is 0 Å². The molecule has 0 spiro atoms. The van der Waals surface area contributed by atoms with Gasteiger partial charge in [0.1, 0.15) is 0 Å². The molecule has 1 aromatic heterocycles. The standard InChI is InChI=1S/C28H29F6N3O4S/c1-5-6-11-42(40,41)37-24(38)16(2)26(3,4)36-25(39)18-8-10-22-17(12-18)7-9-23(35-22)19-13-20(27(29,30)31)15-21(14-19)28(32,33)34/h7-10,12-16H,5-6,11H2,1-4H3,(H,36,39)(H,37,38). The zero-order valence-electron chi connectivity index (χ0n) is 23.1. The maximum atomic E-state index is 13.3. The lowest BCUT2D eigenvalue weighted by Crippen LogP contribution is -2.53. The number of hydrogen-bond acceptors (Lipinski definition) is 5. The topological polar surface area (TPSA) is 105 Å². The average Bonchev–Trinajstić information content (AvgIpc) is 2.89. The lowest BCUT2D eigenvalue weighted by Gasteiger charge is -2.32. The predicted octanol–water partition coefficient (Wildman–Crippen LogP) is 6.33. The fourth-order valence-electron chi connectivity index (χ4n) is 3.96. The van der Waals surface area contributed by atoms with E-state index in [4.69, 9.17) is 0 Å². The van der Waals surface area contributed by atoms with E-state index in [2.05, 4.69) is 10.3 Å². The van der Waals surface area contributed by atoms with Crippen molar-refractivity contribution in [3.8, 4) is 11.3 Å². The van der Waals surface area contributed by atoms with Crippen LogP contribution >= 0.6 is 0 Å². The molecule has 0 aliphatic heterocycles. The molecule has 0 bridgehead atoms. The third-order valence-electron chi connectivity index (χ3n) is 6.77. The van der Waals surface area contributed by atoms with E-state index in [9.17, 15) is 44.3 Å². The van der Waals surface area contributed by atoms with Crippen LogP contribution < -0.4 is 10.0 Å². The molecule has 0 aliphatic carbocycles. The van der Waals surface area contributed by atoms with Crippen molar-refractivity contribution in [1.29, 1.82) is 0 Å². The molecule has 228 valence electrons. The molecule has 3 aromatic rings. The Labute approximate surface area is 238 Å². The van der Waals surface area contributed by atoms with Gasteiger partial charge in [-0.25, -0.2) is 13.4 Å². The first kappa shape index (κ1) is 32.8. The lowest BCUT2D eigenvalue weighted by molar-refractivity contribution is -0.143. The van der Waals surface area contributed by atoms with Gasteiger partial charge in [0.2, 0.25) is 15.9 Å². The molecule has 2 N–H and O–H groups in total. The first-order valence-corrected chi connectivity index (χ1v) is 14.5. The van der Waals surface area contributed by atoms with Crippen molar-refractivity contribution in [3.05, 3.63) is 65.2 Å². The summed E-state index contributed by atoms with van der Waals surface area (Å²) in [5.41, 5.74) is -4.29. The number of pyridine rings is 1. The zero-order valence-corrected chi connectivity index (χ0v) is 23.9. The number of carbonyl (C=O) groups excluding carboxylic acids is 2. The number of carbonyl (C=O) groups is 2. The highest BCUT2D eigenvalue weighted by Crippen LogP contribution is 2.38. The van der Waals surface area contributed by atoms with Gasteiger partial charge in [0.05, 0.1) is 34.0 Å². The number of benzene rings is 2. The van der Waals surface area contributed by atoms with Gasteiger partial charge in [-0.2, -0.15) is 26.3 Å². The molecule has 2 aromatic carbocycles. The first-order valence-electron chi connectivity index (χ1n) is 12.8. The third kappa shape index (κ3) is 7.99. The molecule has 0 aliphatic rings. The zero-order chi connectivity index (χ0) is 31.7. The Morgan fingerprint density at radius 2 is 1.50 bits per heavy atom. The van der Waals surface area contributed by atoms with Gasteiger partial charge in [-0.1, -0.05) is 26.3 Å². The van der Waals surface area contributed by atoms with Gasteiger partial charge < -0.3 is 5.32 Å². The summed E-state index contributed by atoms with van der Waals surface area (Å²) in [5, 5.41) is 3.07. The minimum atomic E-state index is -5.01. The number of hydrogen-bond donors (Lipinski definition) is 2. The molecule has 42 heavy (non-hydrogen) atoms. The summed E-state index contributed by atoms with van der Waals surface area (Å²) in [7, 11) is -3.83. The van der Waals surface area contributed by atoms with E-state index in [1.807, 2.05) is 11.6 Å². The second kappa shape index (κ2) is 11.9. The van der Waals surface area contributed by atoms with Crippen LogP contribution in [-0.4, -0.2) is 36.5 Å². The van der Waals surface area contributed by atoms with Gasteiger partial charge in [0.25, 0.3) is 5.91 Å². The van der Waals surface area contributed by atoms with Crippen LogP contribution in [0.25, 0.3) is 22.2 Å². The molecule has 1 unspecified atom stereocenters. The van der Waals surface area contributed by atoms with Crippen LogP contribution in [0.5, 0.6) is 0 Å². The van der Waals surface area contributed by atoms with Crippen LogP contribution in [0.1, 0.15) is 62.0 Å². The SMILES string of the molecule is CCCCS(=O)(=O)NC(=O)C(C)C(C)(C)NC(=O)c1ccc2nc(-c3cc(C(F)(F)F)cc(C(F)(F)F)c3)ccc2c1. The number of alkyl halides is 6. The Kier molecular flexibility index (Phi) is 9.30. The van der Waals surface area contributed by atoms with Gasteiger partial charge >= 0.3 is 12.4 Å². The number of amides is 2. The summed E-state index contributed by atoms with van der Waals surface area (Å²) < 4.78 is 106. The number of rotatable bonds is 9. The van der Waals surface area contributed by atoms with E-state index in [1.54, 1.807) is 13.8 Å². The van der Waals surface area contributed by atoms with E-state index in [0.29, 0.717) is 30.4 Å². The number of unbranched alkanes of at least 4 members (excludes halogenated alkanes) is 1. The fraction of sp³-hybridized carbons (Fsp3) is 0.393. The maximum Gasteiger partial charge on any atom is 0.416 e. The highest BCUT2D eigenvalue weighted by Gasteiger charge is 2.37. The molecule has 14 heteroatoms. The van der Waals surface area contributed by atoms with Crippen molar-refractivity contribution in [1.82, 2.24) is 15.0 Å². The van der Waals surface area contributed by atoms with Gasteiger partial charge in [-0.3, -0.25) is 14.3 Å². The number of halogens is 6. The number of nitrogens with one attached hydrogen (secondary N) is 2. The summed E-state index contributed by atoms with van der Waals surface area (Å²) in [4.78, 5) is 29.8. The van der Waals surface area contributed by atoms with E-state index < -0.39 is 56.8 Å². The maximum absolute atomic E-state index is 13.3. The Balaban J connectivity index is 1.85. The molecule has 0 radical (unpaired) electrons. The van der Waals surface area contributed by atoms with E-state index in [1.165, 1.54) is 37.3 Å². The minimum Gasteiger partial charge on any atom is -0.346 e. The number of fused-ring (bicyclic) bond motifs is 1. The quantitative estimate of drug-likeness (QED) is 0.273. The first-order chi connectivity index (χ1) is 19.2. The summed E-state index contributed by atoms with van der Waals surface area (Å²) in [6.07, 6.45) is -9.02. The van der Waals surface area contributed by atoms with Gasteiger partial charge in [-0.15, -0.1) is 0 Å². The molecule has 2 amide bonds. The van der Waals surface area contributed by atoms with Gasteiger partial charge in [0, 0.05) is 22.1 Å². The minimum absolute atomic E-state index is 0.0345. The van der Waals surface area contributed by atoms with Crippen molar-refractivity contribution in [2.75, 3.05) is 5.75 Å². The summed E-state index contributed by atoms with van der Waals surface area (Å²) >= 11 is 0. The Morgan fingerprint density at radius 1 is 0.905 bits per heavy atom. The van der Waals surface area contributed by atoms with Crippen molar-refractivity contribution in [2.45, 2.75) is 58.4 Å². The summed E-state index contributed by atoms with van der Waals surface area (Å²) in [6, 6.07) is 8.02. The molecule has 1 heterocycles. The van der Waals surface area contributed by atoms with E-state index >= 15 is 0 Å². The second-order valence-electron chi connectivity index (χ2n) is 10.4. The fourth-order valence-corrected chi connectivity index (χ4v) is 5.21. The Bertz CT molecular complexity index is 1570. The van der Waals surface area contributed by atoms with E-state index in [0.717, 1.165) is 0 Å². The number of nitrogens with zero attached hydrogens (tertiary/aromatic N) is 1. The van der Waals surface area contributed by atoms with Crippen LogP contribution in [-0.2, 0) is 27.2 Å². The Morgan fingerprint density at radius 3 is 2.05 bits per heavy atom. The van der Waals surface area contributed by atoms with Gasteiger partial charge in [-0.05, 0) is 62.7 Å². The normalized spacial score (nSPS) is 13.6. The van der Waals surface area contributed by atoms with Crippen molar-refractivity contribution in [2.24, 2.45) is 5.92 Å². The van der Waals surface area contributed by atoms with Crippen molar-refractivity contribution < 1.29 is 44.3 Å². The van der Waals surface area contributed by atoms with Crippen molar-refractivity contribution in [3.63, 3.8) is 0 Å². The molecule has 3 rings (SSSR count). The van der Waals surface area contributed by atoms with Crippen LogP contribution in [0.4, 0.5) is 26.3 Å². The monoisotopic (exact) mass is 617 g/mol. The second-order valence-corrected chi connectivity index (χ2v) is 12.3. The third-order valence-corrected chi connectivity index (χ3v) is 8.11. The van der Waals surface area contributed by atoms with Crippen LogP contribution in [0.15, 0.2) is 48.5 Å². The van der Waals surface area contributed by atoms with Crippen LogP contribution in [0.2, 0.25) is 0 Å². The molecule has 7 nitrogen and oxygen atoms in total. The smallest absolute Gasteiger partial charge is 0.346 e.